The zero-order valence-electron chi connectivity index (χ0n) is 12.4. The highest BCUT2D eigenvalue weighted by Crippen LogP contribution is 2.19. The van der Waals surface area contributed by atoms with E-state index in [0.29, 0.717) is 10.7 Å². The van der Waals surface area contributed by atoms with E-state index < -0.39 is 0 Å². The maximum atomic E-state index is 12.3. The van der Waals surface area contributed by atoms with Crippen LogP contribution in [0.3, 0.4) is 0 Å². The van der Waals surface area contributed by atoms with Gasteiger partial charge in [-0.3, -0.25) is 10.1 Å². The van der Waals surface area contributed by atoms with Crippen LogP contribution in [0.5, 0.6) is 0 Å². The second-order valence-electron chi connectivity index (χ2n) is 5.12. The van der Waals surface area contributed by atoms with Crippen LogP contribution >= 0.6 is 23.7 Å². The Morgan fingerprint density at radius 3 is 3.05 bits per heavy atom. The van der Waals surface area contributed by atoms with Gasteiger partial charge in [0.05, 0.1) is 0 Å². The monoisotopic (exact) mass is 338 g/mol. The third kappa shape index (κ3) is 3.82. The van der Waals surface area contributed by atoms with Gasteiger partial charge in [0.1, 0.15) is 5.01 Å². The number of carbonyl (C=O) groups is 1. The summed E-state index contributed by atoms with van der Waals surface area (Å²) < 4.78 is 0. The number of hydrogen-bond donors (Lipinski definition) is 2. The van der Waals surface area contributed by atoms with Crippen LogP contribution in [0.25, 0.3) is 0 Å². The molecule has 0 saturated heterocycles. The van der Waals surface area contributed by atoms with Crippen molar-refractivity contribution in [3.05, 3.63) is 39.9 Å². The van der Waals surface area contributed by atoms with Crippen molar-refractivity contribution in [1.29, 1.82) is 0 Å². The van der Waals surface area contributed by atoms with Gasteiger partial charge < -0.3 is 5.32 Å². The fourth-order valence-electron chi connectivity index (χ4n) is 2.41. The molecule has 0 saturated carbocycles. The molecule has 0 radical (unpaired) electrons. The predicted molar refractivity (Wildman–Crippen MR) is 91.0 cm³/mol. The lowest BCUT2D eigenvalue weighted by molar-refractivity contribution is 0.102. The Bertz CT molecular complexity index is 659. The Kier molecular flexibility index (Phi) is 5.88. The van der Waals surface area contributed by atoms with Gasteiger partial charge in [-0.05, 0) is 42.6 Å². The average molecular weight is 339 g/mol. The summed E-state index contributed by atoms with van der Waals surface area (Å²) in [7, 11) is 0. The zero-order chi connectivity index (χ0) is 14.7. The molecule has 1 aliphatic heterocycles. The molecule has 22 heavy (non-hydrogen) atoms. The molecule has 0 atom stereocenters. The molecule has 0 unspecified atom stereocenters. The van der Waals surface area contributed by atoms with Gasteiger partial charge in [-0.15, -0.1) is 22.6 Å². The van der Waals surface area contributed by atoms with E-state index in [1.54, 1.807) is 0 Å². The molecule has 1 aromatic heterocycles. The minimum Gasteiger partial charge on any atom is -0.312 e. The van der Waals surface area contributed by atoms with Gasteiger partial charge in [0.25, 0.3) is 5.91 Å². The van der Waals surface area contributed by atoms with Crippen LogP contribution in [0, 0.1) is 0 Å². The van der Waals surface area contributed by atoms with E-state index in [0.717, 1.165) is 37.4 Å². The lowest BCUT2D eigenvalue weighted by atomic mass is 9.98. The molecule has 1 aromatic carbocycles. The molecule has 0 bridgehead atoms. The number of aryl methyl sites for hydroxylation is 1. The van der Waals surface area contributed by atoms with Gasteiger partial charge in [-0.1, -0.05) is 24.3 Å². The van der Waals surface area contributed by atoms with E-state index in [1.165, 1.54) is 22.5 Å². The van der Waals surface area contributed by atoms with Gasteiger partial charge >= 0.3 is 0 Å². The molecular formula is C15H19ClN4OS. The Labute approximate surface area is 139 Å². The molecule has 2 N–H and O–H groups in total. The molecule has 5 nitrogen and oxygen atoms in total. The summed E-state index contributed by atoms with van der Waals surface area (Å²) in [4.78, 5) is 12.3. The minimum absolute atomic E-state index is 0. The number of rotatable bonds is 4. The number of nitrogens with one attached hydrogen (secondary N) is 2. The van der Waals surface area contributed by atoms with Gasteiger partial charge in [0, 0.05) is 18.5 Å². The maximum Gasteiger partial charge on any atom is 0.257 e. The van der Waals surface area contributed by atoms with Crippen molar-refractivity contribution in [2.45, 2.75) is 32.7 Å². The summed E-state index contributed by atoms with van der Waals surface area (Å²) in [5, 5.41) is 15.8. The lowest BCUT2D eigenvalue weighted by Gasteiger charge is -2.17. The minimum atomic E-state index is -0.115. The van der Waals surface area contributed by atoms with Crippen LogP contribution in [-0.2, 0) is 19.4 Å². The van der Waals surface area contributed by atoms with Crippen LogP contribution in [0.15, 0.2) is 18.2 Å². The molecule has 0 fully saturated rings. The zero-order valence-corrected chi connectivity index (χ0v) is 14.0. The summed E-state index contributed by atoms with van der Waals surface area (Å²) in [6.45, 7) is 3.95. The van der Waals surface area contributed by atoms with Gasteiger partial charge in [-0.25, -0.2) is 0 Å². The summed E-state index contributed by atoms with van der Waals surface area (Å²) in [6.07, 6.45) is 2.90. The highest BCUT2D eigenvalue weighted by molar-refractivity contribution is 7.15. The van der Waals surface area contributed by atoms with E-state index in [9.17, 15) is 4.79 Å². The number of halogens is 1. The molecule has 118 valence electrons. The van der Waals surface area contributed by atoms with Crippen molar-refractivity contribution in [2.75, 3.05) is 11.9 Å². The molecule has 0 aliphatic carbocycles. The van der Waals surface area contributed by atoms with E-state index >= 15 is 0 Å². The third-order valence-corrected chi connectivity index (χ3v) is 4.40. The number of anilines is 1. The lowest BCUT2D eigenvalue weighted by Crippen LogP contribution is -2.24. The predicted octanol–water partition coefficient (Wildman–Crippen LogP) is 2.81. The number of amides is 1. The molecule has 1 aliphatic rings. The number of fused-ring (bicyclic) bond motifs is 1. The van der Waals surface area contributed by atoms with Gasteiger partial charge in [0.2, 0.25) is 5.13 Å². The fourth-order valence-corrected chi connectivity index (χ4v) is 3.24. The van der Waals surface area contributed by atoms with Gasteiger partial charge in [0.15, 0.2) is 0 Å². The van der Waals surface area contributed by atoms with Crippen molar-refractivity contribution in [3.63, 3.8) is 0 Å². The topological polar surface area (TPSA) is 66.9 Å². The summed E-state index contributed by atoms with van der Waals surface area (Å²) in [5.41, 5.74) is 3.21. The number of benzene rings is 1. The number of nitrogens with zero attached hydrogens (tertiary/aromatic N) is 2. The number of aromatic nitrogens is 2. The number of carbonyl (C=O) groups excluding carboxylic acids is 1. The van der Waals surface area contributed by atoms with E-state index in [4.69, 9.17) is 0 Å². The van der Waals surface area contributed by atoms with E-state index in [-0.39, 0.29) is 18.3 Å². The molecule has 3 rings (SSSR count). The Balaban J connectivity index is 0.00000176. The van der Waals surface area contributed by atoms with Crippen molar-refractivity contribution in [3.8, 4) is 0 Å². The SMILES string of the molecule is CCCc1nnc(NC(=O)c2ccc3c(c2)CCNC3)s1.Cl. The van der Waals surface area contributed by atoms with Crippen molar-refractivity contribution < 1.29 is 4.79 Å². The van der Waals surface area contributed by atoms with Crippen LogP contribution in [0.4, 0.5) is 5.13 Å². The summed E-state index contributed by atoms with van der Waals surface area (Å²) in [5.74, 6) is -0.115. The summed E-state index contributed by atoms with van der Waals surface area (Å²) in [6, 6.07) is 5.88. The van der Waals surface area contributed by atoms with Crippen molar-refractivity contribution >= 4 is 34.8 Å². The first-order valence-corrected chi connectivity index (χ1v) is 8.04. The first kappa shape index (κ1) is 16.9. The third-order valence-electron chi connectivity index (χ3n) is 3.51. The molecule has 2 heterocycles. The molecule has 2 aromatic rings. The highest BCUT2D eigenvalue weighted by atomic mass is 35.5. The van der Waals surface area contributed by atoms with E-state index in [2.05, 4.69) is 27.8 Å². The molecule has 1 amide bonds. The fraction of sp³-hybridized carbons (Fsp3) is 0.400. The maximum absolute atomic E-state index is 12.3. The highest BCUT2D eigenvalue weighted by Gasteiger charge is 2.14. The quantitative estimate of drug-likeness (QED) is 0.899. The molecule has 7 heteroatoms. The first-order chi connectivity index (χ1) is 10.3. The molecular weight excluding hydrogens is 320 g/mol. The Morgan fingerprint density at radius 1 is 1.36 bits per heavy atom. The smallest absolute Gasteiger partial charge is 0.257 e. The molecule has 0 spiro atoms. The first-order valence-electron chi connectivity index (χ1n) is 7.22. The number of hydrogen-bond acceptors (Lipinski definition) is 5. The average Bonchev–Trinajstić information content (AvgIpc) is 2.94. The van der Waals surface area contributed by atoms with E-state index in [1.807, 2.05) is 18.2 Å². The van der Waals surface area contributed by atoms with Crippen LogP contribution in [-0.4, -0.2) is 22.6 Å². The van der Waals surface area contributed by atoms with Gasteiger partial charge in [-0.2, -0.15) is 0 Å². The Hall–Kier alpha value is -1.50. The Morgan fingerprint density at radius 2 is 2.23 bits per heavy atom. The summed E-state index contributed by atoms with van der Waals surface area (Å²) >= 11 is 1.45. The van der Waals surface area contributed by atoms with Crippen LogP contribution < -0.4 is 10.6 Å². The standard InChI is InChI=1S/C15H18N4OS.ClH/c1-2-3-13-18-19-15(21-13)17-14(20)11-4-5-12-9-16-7-6-10(12)8-11;/h4-5,8,16H,2-3,6-7,9H2,1H3,(H,17,19,20);1H. The van der Waals surface area contributed by atoms with Crippen LogP contribution in [0.2, 0.25) is 0 Å². The second-order valence-corrected chi connectivity index (χ2v) is 6.18. The van der Waals surface area contributed by atoms with Crippen molar-refractivity contribution in [1.82, 2.24) is 15.5 Å². The largest absolute Gasteiger partial charge is 0.312 e. The van der Waals surface area contributed by atoms with Crippen LogP contribution in [0.1, 0.15) is 39.8 Å². The second kappa shape index (κ2) is 7.67. The van der Waals surface area contributed by atoms with Crippen molar-refractivity contribution in [2.24, 2.45) is 0 Å². The normalized spacial score (nSPS) is 13.1.